The van der Waals surface area contributed by atoms with Gasteiger partial charge in [0.15, 0.2) is 5.78 Å². The van der Waals surface area contributed by atoms with E-state index in [1.54, 1.807) is 12.1 Å². The molecule has 1 atom stereocenters. The summed E-state index contributed by atoms with van der Waals surface area (Å²) in [7, 11) is 1.36. The number of aryl methyl sites for hydroxylation is 1. The maximum absolute atomic E-state index is 13.8. The smallest absolute Gasteiger partial charge is 0.336 e. The standard InChI is InChI=1S/C33H27N3O5S/c1-18-17-27(20(3)35(18)21-9-13-23(14-10-21)42-24-15-11-22(12-16-24)36(39)40)29-28(33(38)41-4)19(2)34-31-25-7-5-6-8-26(25)32(37)30(29)31/h5-17,29,34H,1-4H3/t29-/m0/s1. The van der Waals surface area contributed by atoms with Crippen molar-refractivity contribution in [1.29, 1.82) is 0 Å². The predicted octanol–water partition coefficient (Wildman–Crippen LogP) is 6.89. The molecule has 9 heteroatoms. The van der Waals surface area contributed by atoms with E-state index >= 15 is 0 Å². The third kappa shape index (κ3) is 4.42. The number of aromatic nitrogens is 1. The molecule has 0 amide bonds. The number of carbonyl (C=O) groups excluding carboxylic acids is 2. The van der Waals surface area contributed by atoms with Gasteiger partial charge in [-0.25, -0.2) is 4.79 Å². The molecule has 0 radical (unpaired) electrons. The molecule has 1 aromatic heterocycles. The number of ether oxygens (including phenoxy) is 1. The summed E-state index contributed by atoms with van der Waals surface area (Å²) < 4.78 is 7.32. The number of hydrogen-bond donors (Lipinski definition) is 1. The molecule has 210 valence electrons. The Kier molecular flexibility index (Phi) is 6.82. The molecule has 4 aromatic rings. The van der Waals surface area contributed by atoms with Gasteiger partial charge in [-0.15, -0.1) is 0 Å². The molecule has 0 saturated carbocycles. The second-order valence-electron chi connectivity index (χ2n) is 10.3. The van der Waals surface area contributed by atoms with Crippen LogP contribution in [0.3, 0.4) is 0 Å². The minimum Gasteiger partial charge on any atom is -0.466 e. The highest BCUT2D eigenvalue weighted by Crippen LogP contribution is 2.48. The van der Waals surface area contributed by atoms with Crippen molar-refractivity contribution in [3.05, 3.63) is 134 Å². The molecular weight excluding hydrogens is 550 g/mol. The lowest BCUT2D eigenvalue weighted by molar-refractivity contribution is -0.384. The SMILES string of the molecule is COC(=O)C1=C(C)NC2=C(C(=O)c3ccccc32)[C@H]1c1cc(C)n(-c2ccc(Sc3ccc([N+](=O)[O-])cc3)cc2)c1C. The van der Waals surface area contributed by atoms with Gasteiger partial charge in [0, 0.05) is 61.4 Å². The van der Waals surface area contributed by atoms with Crippen LogP contribution < -0.4 is 5.32 Å². The molecule has 0 saturated heterocycles. The first-order valence-electron chi connectivity index (χ1n) is 13.4. The summed E-state index contributed by atoms with van der Waals surface area (Å²) in [5, 5.41) is 14.3. The molecule has 1 aliphatic heterocycles. The van der Waals surface area contributed by atoms with E-state index in [-0.39, 0.29) is 11.5 Å². The largest absolute Gasteiger partial charge is 0.466 e. The second-order valence-corrected chi connectivity index (χ2v) is 11.4. The summed E-state index contributed by atoms with van der Waals surface area (Å²) in [5.74, 6) is -1.16. The Morgan fingerprint density at radius 3 is 2.19 bits per heavy atom. The highest BCUT2D eigenvalue weighted by atomic mass is 32.2. The van der Waals surface area contributed by atoms with Gasteiger partial charge in [-0.05, 0) is 68.8 Å². The Morgan fingerprint density at radius 2 is 1.57 bits per heavy atom. The number of non-ortho nitro benzene ring substituents is 1. The highest BCUT2D eigenvalue weighted by Gasteiger charge is 2.43. The molecule has 6 rings (SSSR count). The number of carbonyl (C=O) groups is 2. The van der Waals surface area contributed by atoms with E-state index in [2.05, 4.69) is 9.88 Å². The maximum atomic E-state index is 13.8. The molecule has 2 aliphatic rings. The fourth-order valence-electron chi connectivity index (χ4n) is 5.93. The molecule has 0 fully saturated rings. The number of benzene rings is 3. The highest BCUT2D eigenvalue weighted by molar-refractivity contribution is 7.99. The van der Waals surface area contributed by atoms with Gasteiger partial charge in [0.25, 0.3) is 5.69 Å². The Morgan fingerprint density at radius 1 is 0.952 bits per heavy atom. The van der Waals surface area contributed by atoms with Crippen molar-refractivity contribution in [2.45, 2.75) is 36.5 Å². The number of fused-ring (bicyclic) bond motifs is 2. The average Bonchev–Trinajstić information content (AvgIpc) is 3.44. The van der Waals surface area contributed by atoms with Gasteiger partial charge in [-0.1, -0.05) is 36.0 Å². The van der Waals surface area contributed by atoms with Crippen molar-refractivity contribution in [1.82, 2.24) is 9.88 Å². The number of Topliss-reactive ketones (excluding diaryl/α,β-unsaturated/α-hetero) is 1. The molecule has 3 aromatic carbocycles. The van der Waals surface area contributed by atoms with E-state index in [1.165, 1.54) is 31.0 Å². The number of ketones is 1. The van der Waals surface area contributed by atoms with E-state index in [1.807, 2.05) is 75.4 Å². The normalized spacial score (nSPS) is 15.8. The molecule has 2 heterocycles. The van der Waals surface area contributed by atoms with E-state index in [9.17, 15) is 19.7 Å². The Hall–Kier alpha value is -4.89. The molecule has 0 spiro atoms. The van der Waals surface area contributed by atoms with Crippen LogP contribution in [-0.2, 0) is 9.53 Å². The zero-order valence-electron chi connectivity index (χ0n) is 23.4. The third-order valence-corrected chi connectivity index (χ3v) is 8.83. The van der Waals surface area contributed by atoms with Gasteiger partial charge < -0.3 is 14.6 Å². The summed E-state index contributed by atoms with van der Waals surface area (Å²) >= 11 is 1.52. The number of nitro benzene ring substituents is 1. The predicted molar refractivity (Wildman–Crippen MR) is 161 cm³/mol. The quantitative estimate of drug-likeness (QED) is 0.151. The van der Waals surface area contributed by atoms with E-state index in [4.69, 9.17) is 4.74 Å². The summed E-state index contributed by atoms with van der Waals surface area (Å²) in [5.41, 5.74) is 7.57. The van der Waals surface area contributed by atoms with Crippen molar-refractivity contribution in [2.24, 2.45) is 0 Å². The van der Waals surface area contributed by atoms with E-state index in [0.29, 0.717) is 22.4 Å². The minimum absolute atomic E-state index is 0.0595. The van der Waals surface area contributed by atoms with Crippen LogP contribution in [0.5, 0.6) is 0 Å². The molecule has 42 heavy (non-hydrogen) atoms. The monoisotopic (exact) mass is 577 g/mol. The van der Waals surface area contributed by atoms with Crippen LogP contribution in [0.2, 0.25) is 0 Å². The first-order valence-corrected chi connectivity index (χ1v) is 14.2. The average molecular weight is 578 g/mol. The van der Waals surface area contributed by atoms with Crippen molar-refractivity contribution < 1.29 is 19.2 Å². The van der Waals surface area contributed by atoms with Crippen LogP contribution in [-0.4, -0.2) is 28.4 Å². The van der Waals surface area contributed by atoms with Gasteiger partial charge in [-0.2, -0.15) is 0 Å². The second kappa shape index (κ2) is 10.5. The summed E-state index contributed by atoms with van der Waals surface area (Å²) in [6, 6.07) is 24.1. The Bertz CT molecular complexity index is 1850. The fourth-order valence-corrected chi connectivity index (χ4v) is 6.75. The first-order chi connectivity index (χ1) is 20.2. The minimum atomic E-state index is -0.592. The number of rotatable bonds is 6. The van der Waals surface area contributed by atoms with Crippen molar-refractivity contribution in [3.63, 3.8) is 0 Å². The third-order valence-electron chi connectivity index (χ3n) is 7.81. The number of nitrogens with zero attached hydrogens (tertiary/aromatic N) is 2. The zero-order chi connectivity index (χ0) is 29.7. The Labute approximate surface area is 246 Å². The van der Waals surface area contributed by atoms with Gasteiger partial charge in [-0.3, -0.25) is 14.9 Å². The zero-order valence-corrected chi connectivity index (χ0v) is 24.2. The Balaban J connectivity index is 1.38. The van der Waals surface area contributed by atoms with Gasteiger partial charge in [0.1, 0.15) is 0 Å². The summed E-state index contributed by atoms with van der Waals surface area (Å²) in [6.07, 6.45) is 0. The fraction of sp³-hybridized carbons (Fsp3) is 0.152. The lowest BCUT2D eigenvalue weighted by Crippen LogP contribution is -2.29. The number of esters is 1. The van der Waals surface area contributed by atoms with E-state index < -0.39 is 16.8 Å². The number of nitro groups is 1. The first kappa shape index (κ1) is 27.3. The topological polar surface area (TPSA) is 103 Å². The summed E-state index contributed by atoms with van der Waals surface area (Å²) in [4.78, 5) is 39.4. The number of allylic oxidation sites excluding steroid dienone is 2. The van der Waals surface area contributed by atoms with Crippen LogP contribution in [0.25, 0.3) is 11.4 Å². The van der Waals surface area contributed by atoms with Crippen LogP contribution in [0.4, 0.5) is 5.69 Å². The number of dihydropyridines is 1. The van der Waals surface area contributed by atoms with Gasteiger partial charge in [0.2, 0.25) is 0 Å². The van der Waals surface area contributed by atoms with Crippen molar-refractivity contribution in [3.8, 4) is 5.69 Å². The molecule has 0 unspecified atom stereocenters. The molecule has 1 aliphatic carbocycles. The van der Waals surface area contributed by atoms with Crippen LogP contribution >= 0.6 is 11.8 Å². The molecule has 1 N–H and O–H groups in total. The van der Waals surface area contributed by atoms with Gasteiger partial charge in [0.05, 0.1) is 29.2 Å². The number of methoxy groups -OCH3 is 1. The van der Waals surface area contributed by atoms with Crippen LogP contribution in [0.15, 0.2) is 105 Å². The lowest BCUT2D eigenvalue weighted by Gasteiger charge is -2.29. The lowest BCUT2D eigenvalue weighted by atomic mass is 9.79. The summed E-state index contributed by atoms with van der Waals surface area (Å²) in [6.45, 7) is 5.85. The van der Waals surface area contributed by atoms with Gasteiger partial charge >= 0.3 is 5.97 Å². The molecule has 8 nitrogen and oxygen atoms in total. The molecular formula is C33H27N3O5S. The van der Waals surface area contributed by atoms with Crippen molar-refractivity contribution in [2.75, 3.05) is 7.11 Å². The van der Waals surface area contributed by atoms with Crippen molar-refractivity contribution >= 4 is 34.9 Å². The number of hydrogen-bond acceptors (Lipinski definition) is 7. The van der Waals surface area contributed by atoms with Crippen LogP contribution in [0, 0.1) is 24.0 Å². The number of nitrogens with one attached hydrogen (secondary N) is 1. The molecule has 0 bridgehead atoms. The maximum Gasteiger partial charge on any atom is 0.336 e. The van der Waals surface area contributed by atoms with Crippen LogP contribution in [0.1, 0.15) is 45.7 Å². The van der Waals surface area contributed by atoms with E-state index in [0.717, 1.165) is 43.7 Å².